The Morgan fingerprint density at radius 2 is 2.29 bits per heavy atom. The largest absolute Gasteiger partial charge is 0.361 e. The van der Waals surface area contributed by atoms with Gasteiger partial charge in [-0.15, -0.1) is 0 Å². The molecule has 0 saturated carbocycles. The number of pyridine rings is 1. The Hall–Kier alpha value is -1.70. The van der Waals surface area contributed by atoms with Gasteiger partial charge in [-0.05, 0) is 12.5 Å². The van der Waals surface area contributed by atoms with Gasteiger partial charge in [-0.1, -0.05) is 0 Å². The van der Waals surface area contributed by atoms with Gasteiger partial charge in [0, 0.05) is 18.3 Å². The van der Waals surface area contributed by atoms with Crippen LogP contribution in [-0.2, 0) is 9.84 Å². The number of hydrogen-bond acceptors (Lipinski definition) is 6. The zero-order valence-corrected chi connectivity index (χ0v) is 9.68. The Kier molecular flexibility index (Phi) is 2.97. The average molecular weight is 257 g/mol. The van der Waals surface area contributed by atoms with E-state index in [9.17, 15) is 18.5 Å². The lowest BCUT2D eigenvalue weighted by molar-refractivity contribution is -0.384. The first kappa shape index (κ1) is 11.8. The molecule has 92 valence electrons. The molecular formula is C9H11N3O4S. The molecule has 0 aliphatic carbocycles. The van der Waals surface area contributed by atoms with Crippen LogP contribution < -0.4 is 5.32 Å². The van der Waals surface area contributed by atoms with Gasteiger partial charge < -0.3 is 5.32 Å². The van der Waals surface area contributed by atoms with Crippen LogP contribution >= 0.6 is 0 Å². The monoisotopic (exact) mass is 257 g/mol. The van der Waals surface area contributed by atoms with Crippen LogP contribution in [0.2, 0.25) is 0 Å². The van der Waals surface area contributed by atoms with E-state index in [2.05, 4.69) is 10.3 Å². The summed E-state index contributed by atoms with van der Waals surface area (Å²) >= 11 is 0. The molecule has 0 unspecified atom stereocenters. The van der Waals surface area contributed by atoms with Crippen LogP contribution in [0.1, 0.15) is 6.42 Å². The zero-order chi connectivity index (χ0) is 12.5. The molecule has 1 aliphatic rings. The number of hydrogen-bond donors (Lipinski definition) is 1. The molecule has 0 amide bonds. The number of sulfone groups is 1. The molecule has 1 aromatic rings. The SMILES string of the molecule is O=[N+]([O-])c1cccnc1N[C@@H]1CCS(=O)(=O)C1. The zero-order valence-electron chi connectivity index (χ0n) is 8.87. The van der Waals surface area contributed by atoms with Crippen molar-refractivity contribution in [2.75, 3.05) is 16.8 Å². The van der Waals surface area contributed by atoms with Crippen LogP contribution in [-0.4, -0.2) is 35.9 Å². The molecule has 1 aliphatic heterocycles. The highest BCUT2D eigenvalue weighted by Gasteiger charge is 2.29. The summed E-state index contributed by atoms with van der Waals surface area (Å²) in [6.45, 7) is 0. The third-order valence-corrected chi connectivity index (χ3v) is 4.32. The summed E-state index contributed by atoms with van der Waals surface area (Å²) in [5.41, 5.74) is -0.142. The highest BCUT2D eigenvalue weighted by atomic mass is 32.2. The number of nitrogens with one attached hydrogen (secondary N) is 1. The van der Waals surface area contributed by atoms with Crippen molar-refractivity contribution in [2.24, 2.45) is 0 Å². The van der Waals surface area contributed by atoms with Gasteiger partial charge >= 0.3 is 5.69 Å². The predicted molar refractivity (Wildman–Crippen MR) is 61.6 cm³/mol. The minimum Gasteiger partial charge on any atom is -0.361 e. The van der Waals surface area contributed by atoms with E-state index in [1.807, 2.05) is 0 Å². The second kappa shape index (κ2) is 4.28. The number of rotatable bonds is 3. The molecule has 1 N–H and O–H groups in total. The van der Waals surface area contributed by atoms with Gasteiger partial charge in [0.05, 0.1) is 16.4 Å². The summed E-state index contributed by atoms with van der Waals surface area (Å²) in [5.74, 6) is 0.242. The molecule has 0 aromatic carbocycles. The first-order valence-corrected chi connectivity index (χ1v) is 6.86. The summed E-state index contributed by atoms with van der Waals surface area (Å²) in [6, 6.07) is 2.50. The fourth-order valence-electron chi connectivity index (χ4n) is 1.76. The van der Waals surface area contributed by atoms with E-state index in [1.54, 1.807) is 0 Å². The first-order chi connectivity index (χ1) is 7.98. The van der Waals surface area contributed by atoms with E-state index in [0.717, 1.165) is 0 Å². The van der Waals surface area contributed by atoms with Gasteiger partial charge in [0.15, 0.2) is 9.84 Å². The summed E-state index contributed by atoms with van der Waals surface area (Å²) < 4.78 is 22.5. The van der Waals surface area contributed by atoms with Gasteiger partial charge in [-0.25, -0.2) is 13.4 Å². The van der Waals surface area contributed by atoms with Gasteiger partial charge in [0.2, 0.25) is 5.82 Å². The van der Waals surface area contributed by atoms with Crippen LogP contribution in [0.15, 0.2) is 18.3 Å². The molecular weight excluding hydrogens is 246 g/mol. The maximum atomic E-state index is 11.3. The minimum absolute atomic E-state index is 0.000723. The van der Waals surface area contributed by atoms with Crippen molar-refractivity contribution in [3.05, 3.63) is 28.4 Å². The van der Waals surface area contributed by atoms with Crippen molar-refractivity contribution in [1.82, 2.24) is 4.98 Å². The quantitative estimate of drug-likeness (QED) is 0.628. The van der Waals surface area contributed by atoms with E-state index in [4.69, 9.17) is 0 Å². The highest BCUT2D eigenvalue weighted by molar-refractivity contribution is 7.91. The van der Waals surface area contributed by atoms with Gasteiger partial charge in [-0.2, -0.15) is 0 Å². The Bertz CT molecular complexity index is 543. The lowest BCUT2D eigenvalue weighted by Crippen LogP contribution is -2.21. The molecule has 2 heterocycles. The molecule has 1 fully saturated rings. The molecule has 7 nitrogen and oxygen atoms in total. The molecule has 0 bridgehead atoms. The summed E-state index contributed by atoms with van der Waals surface area (Å²) in [5, 5.41) is 13.5. The lowest BCUT2D eigenvalue weighted by Gasteiger charge is -2.10. The fourth-order valence-corrected chi connectivity index (χ4v) is 3.43. The average Bonchev–Trinajstić information content (AvgIpc) is 2.58. The summed E-state index contributed by atoms with van der Waals surface area (Å²) in [6.07, 6.45) is 1.88. The van der Waals surface area contributed by atoms with Crippen molar-refractivity contribution in [2.45, 2.75) is 12.5 Å². The van der Waals surface area contributed by atoms with Crippen LogP contribution in [0.3, 0.4) is 0 Å². The third kappa shape index (κ3) is 2.70. The summed E-state index contributed by atoms with van der Waals surface area (Å²) in [4.78, 5) is 14.1. The maximum Gasteiger partial charge on any atom is 0.311 e. The molecule has 8 heteroatoms. The van der Waals surface area contributed by atoms with Gasteiger partial charge in [0.25, 0.3) is 0 Å². The first-order valence-electron chi connectivity index (χ1n) is 5.04. The molecule has 1 aromatic heterocycles. The number of nitro groups is 1. The second-order valence-corrected chi connectivity index (χ2v) is 6.10. The fraction of sp³-hybridized carbons (Fsp3) is 0.444. The Morgan fingerprint density at radius 1 is 1.53 bits per heavy atom. The van der Waals surface area contributed by atoms with Gasteiger partial charge in [0.1, 0.15) is 0 Å². The van der Waals surface area contributed by atoms with Gasteiger partial charge in [-0.3, -0.25) is 10.1 Å². The third-order valence-electron chi connectivity index (χ3n) is 2.56. The summed E-state index contributed by atoms with van der Waals surface area (Å²) in [7, 11) is -3.01. The molecule has 0 radical (unpaired) electrons. The number of aromatic nitrogens is 1. The highest BCUT2D eigenvalue weighted by Crippen LogP contribution is 2.23. The van der Waals surface area contributed by atoms with Crippen molar-refractivity contribution < 1.29 is 13.3 Å². The van der Waals surface area contributed by atoms with Crippen LogP contribution in [0.4, 0.5) is 11.5 Å². The van der Waals surface area contributed by atoms with Crippen molar-refractivity contribution >= 4 is 21.3 Å². The topological polar surface area (TPSA) is 102 Å². The van der Waals surface area contributed by atoms with Crippen molar-refractivity contribution in [3.8, 4) is 0 Å². The maximum absolute atomic E-state index is 11.3. The molecule has 2 rings (SSSR count). The Balaban J connectivity index is 2.17. The lowest BCUT2D eigenvalue weighted by atomic mass is 10.2. The number of nitrogens with zero attached hydrogens (tertiary/aromatic N) is 2. The normalized spacial score (nSPS) is 22.2. The van der Waals surface area contributed by atoms with Crippen LogP contribution in [0, 0.1) is 10.1 Å². The second-order valence-electron chi connectivity index (χ2n) is 3.87. The van der Waals surface area contributed by atoms with Crippen LogP contribution in [0.5, 0.6) is 0 Å². The van der Waals surface area contributed by atoms with E-state index < -0.39 is 14.8 Å². The Morgan fingerprint density at radius 3 is 2.88 bits per heavy atom. The molecule has 1 atom stereocenters. The standard InChI is InChI=1S/C9H11N3O4S/c13-12(14)8-2-1-4-10-9(8)11-7-3-5-17(15,16)6-7/h1-2,4,7H,3,5-6H2,(H,10,11)/t7-/m1/s1. The van der Waals surface area contributed by atoms with E-state index in [-0.39, 0.29) is 29.1 Å². The van der Waals surface area contributed by atoms with E-state index in [0.29, 0.717) is 6.42 Å². The van der Waals surface area contributed by atoms with Crippen molar-refractivity contribution in [3.63, 3.8) is 0 Å². The predicted octanol–water partition coefficient (Wildman–Crippen LogP) is 0.589. The Labute approximate surface area is 97.9 Å². The molecule has 1 saturated heterocycles. The minimum atomic E-state index is -3.01. The smallest absolute Gasteiger partial charge is 0.311 e. The van der Waals surface area contributed by atoms with E-state index in [1.165, 1.54) is 18.3 Å². The molecule has 17 heavy (non-hydrogen) atoms. The van der Waals surface area contributed by atoms with Crippen LogP contribution in [0.25, 0.3) is 0 Å². The van der Waals surface area contributed by atoms with E-state index >= 15 is 0 Å². The number of anilines is 1. The van der Waals surface area contributed by atoms with Crippen molar-refractivity contribution in [1.29, 1.82) is 0 Å². The molecule has 0 spiro atoms.